The smallest absolute Gasteiger partial charge is 0.249 e. The monoisotopic (exact) mass is 448 g/mol. The zero-order chi connectivity index (χ0) is 23.4. The number of benzene rings is 2. The summed E-state index contributed by atoms with van der Waals surface area (Å²) >= 11 is 0. The number of rotatable bonds is 7. The second-order valence-electron chi connectivity index (χ2n) is 7.71. The van der Waals surface area contributed by atoms with E-state index in [9.17, 15) is 14.4 Å². The van der Waals surface area contributed by atoms with E-state index in [0.29, 0.717) is 23.7 Å². The number of nitrogens with zero attached hydrogens (tertiary/aromatic N) is 4. The maximum absolute atomic E-state index is 12.7. The third-order valence-corrected chi connectivity index (χ3v) is 5.51. The Balaban J connectivity index is 1.33. The minimum atomic E-state index is -0.513. The number of hydrogen-bond donors (Lipinski definition) is 2. The van der Waals surface area contributed by atoms with Crippen molar-refractivity contribution in [2.75, 3.05) is 29.2 Å². The van der Waals surface area contributed by atoms with Crippen molar-refractivity contribution < 1.29 is 19.1 Å². The number of ether oxygens (including phenoxy) is 1. The predicted octanol–water partition coefficient (Wildman–Crippen LogP) is 2.48. The van der Waals surface area contributed by atoms with E-state index in [2.05, 4.69) is 20.7 Å². The largest absolute Gasteiger partial charge is 0.497 e. The SMILES string of the molecule is COc1ccc(N2CC(C(=O)Nc3ccc(NC(=O)C(C)n4cncn4)cc3)CC2=O)cc1. The van der Waals surface area contributed by atoms with Crippen molar-refractivity contribution in [2.24, 2.45) is 5.92 Å². The minimum Gasteiger partial charge on any atom is -0.497 e. The number of hydrogen-bond acceptors (Lipinski definition) is 6. The maximum Gasteiger partial charge on any atom is 0.249 e. The van der Waals surface area contributed by atoms with Crippen molar-refractivity contribution in [3.05, 3.63) is 61.2 Å². The molecule has 1 fully saturated rings. The molecular formula is C23H24N6O4. The van der Waals surface area contributed by atoms with Crippen LogP contribution < -0.4 is 20.3 Å². The van der Waals surface area contributed by atoms with Gasteiger partial charge in [0.2, 0.25) is 17.7 Å². The molecule has 1 aliphatic rings. The molecule has 2 N–H and O–H groups in total. The molecule has 1 saturated heterocycles. The second kappa shape index (κ2) is 9.51. The Kier molecular flexibility index (Phi) is 6.34. The average molecular weight is 448 g/mol. The van der Waals surface area contributed by atoms with E-state index in [1.807, 2.05) is 0 Å². The first-order valence-electron chi connectivity index (χ1n) is 10.4. The highest BCUT2D eigenvalue weighted by atomic mass is 16.5. The molecule has 33 heavy (non-hydrogen) atoms. The molecule has 0 bridgehead atoms. The van der Waals surface area contributed by atoms with E-state index < -0.39 is 12.0 Å². The van der Waals surface area contributed by atoms with Gasteiger partial charge in [-0.2, -0.15) is 5.10 Å². The van der Waals surface area contributed by atoms with Gasteiger partial charge in [0, 0.05) is 30.0 Å². The van der Waals surface area contributed by atoms with Crippen LogP contribution in [0.5, 0.6) is 5.75 Å². The van der Waals surface area contributed by atoms with Gasteiger partial charge in [0.15, 0.2) is 0 Å². The molecule has 2 atom stereocenters. The summed E-state index contributed by atoms with van der Waals surface area (Å²) in [6.07, 6.45) is 2.99. The van der Waals surface area contributed by atoms with Crippen molar-refractivity contribution in [3.8, 4) is 5.75 Å². The van der Waals surface area contributed by atoms with E-state index in [-0.39, 0.29) is 24.1 Å². The standard InChI is InChI=1S/C23H24N6O4/c1-15(29-14-24-13-25-29)22(31)26-17-3-5-18(6-4-17)27-23(32)16-11-21(30)28(12-16)19-7-9-20(33-2)10-8-19/h3-10,13-16H,11-12H2,1-2H3,(H,26,31)(H,27,32). The first-order chi connectivity index (χ1) is 15.9. The van der Waals surface area contributed by atoms with Gasteiger partial charge in [0.25, 0.3) is 0 Å². The van der Waals surface area contributed by atoms with Crippen LogP contribution in [-0.4, -0.2) is 46.1 Å². The highest BCUT2D eigenvalue weighted by Gasteiger charge is 2.35. The van der Waals surface area contributed by atoms with Gasteiger partial charge in [-0.25, -0.2) is 9.67 Å². The molecule has 1 aromatic heterocycles. The summed E-state index contributed by atoms with van der Waals surface area (Å²) in [5, 5.41) is 9.62. The van der Waals surface area contributed by atoms with Crippen molar-refractivity contribution >= 4 is 34.8 Å². The van der Waals surface area contributed by atoms with Crippen LogP contribution in [0.15, 0.2) is 61.2 Å². The molecule has 170 valence electrons. The van der Waals surface area contributed by atoms with Gasteiger partial charge in [0.1, 0.15) is 24.4 Å². The normalized spacial score (nSPS) is 16.4. The Hall–Kier alpha value is -4.21. The molecule has 0 saturated carbocycles. The number of carbonyl (C=O) groups is 3. The van der Waals surface area contributed by atoms with Crippen LogP contribution in [0, 0.1) is 5.92 Å². The topological polar surface area (TPSA) is 118 Å². The first-order valence-corrected chi connectivity index (χ1v) is 10.4. The van der Waals surface area contributed by atoms with Gasteiger partial charge < -0.3 is 20.3 Å². The zero-order valence-corrected chi connectivity index (χ0v) is 18.3. The van der Waals surface area contributed by atoms with Crippen LogP contribution in [0.2, 0.25) is 0 Å². The minimum absolute atomic E-state index is 0.0973. The van der Waals surface area contributed by atoms with E-state index in [1.165, 1.54) is 17.3 Å². The molecule has 3 amide bonds. The number of amides is 3. The number of methoxy groups -OCH3 is 1. The Morgan fingerprint density at radius 1 is 1.06 bits per heavy atom. The third kappa shape index (κ3) is 5.00. The van der Waals surface area contributed by atoms with Crippen LogP contribution in [0.1, 0.15) is 19.4 Å². The molecule has 0 radical (unpaired) electrons. The van der Waals surface area contributed by atoms with E-state index in [4.69, 9.17) is 4.74 Å². The molecule has 3 aromatic rings. The summed E-state index contributed by atoms with van der Waals surface area (Å²) in [5.41, 5.74) is 1.90. The van der Waals surface area contributed by atoms with Crippen LogP contribution in [0.3, 0.4) is 0 Å². The average Bonchev–Trinajstić information content (AvgIpc) is 3.50. The Morgan fingerprint density at radius 3 is 2.33 bits per heavy atom. The van der Waals surface area contributed by atoms with Gasteiger partial charge in [-0.1, -0.05) is 0 Å². The van der Waals surface area contributed by atoms with E-state index in [1.54, 1.807) is 67.5 Å². The highest BCUT2D eigenvalue weighted by molar-refractivity contribution is 6.03. The summed E-state index contributed by atoms with van der Waals surface area (Å²) in [5.74, 6) is -0.314. The summed E-state index contributed by atoms with van der Waals surface area (Å²) in [7, 11) is 1.58. The Labute approximate surface area is 190 Å². The lowest BCUT2D eigenvalue weighted by atomic mass is 10.1. The molecule has 2 heterocycles. The number of nitrogens with one attached hydrogen (secondary N) is 2. The fourth-order valence-electron chi connectivity index (χ4n) is 3.56. The van der Waals surface area contributed by atoms with Gasteiger partial charge in [-0.3, -0.25) is 14.4 Å². The second-order valence-corrected chi connectivity index (χ2v) is 7.71. The number of carbonyl (C=O) groups excluding carboxylic acids is 3. The molecular weight excluding hydrogens is 424 g/mol. The highest BCUT2D eigenvalue weighted by Crippen LogP contribution is 2.27. The molecule has 0 spiro atoms. The zero-order valence-electron chi connectivity index (χ0n) is 18.3. The van der Waals surface area contributed by atoms with Crippen molar-refractivity contribution in [2.45, 2.75) is 19.4 Å². The van der Waals surface area contributed by atoms with Gasteiger partial charge in [0.05, 0.1) is 13.0 Å². The lowest BCUT2D eigenvalue weighted by Gasteiger charge is -2.17. The first kappa shape index (κ1) is 22.0. The predicted molar refractivity (Wildman–Crippen MR) is 122 cm³/mol. The molecule has 1 aliphatic heterocycles. The summed E-state index contributed by atoms with van der Waals surface area (Å²) in [6.45, 7) is 2.03. The third-order valence-electron chi connectivity index (χ3n) is 5.51. The van der Waals surface area contributed by atoms with Crippen molar-refractivity contribution in [1.29, 1.82) is 0 Å². The van der Waals surface area contributed by atoms with Gasteiger partial charge >= 0.3 is 0 Å². The van der Waals surface area contributed by atoms with Crippen LogP contribution in [0.25, 0.3) is 0 Å². The quantitative estimate of drug-likeness (QED) is 0.573. The van der Waals surface area contributed by atoms with Crippen LogP contribution in [0.4, 0.5) is 17.1 Å². The molecule has 10 heteroatoms. The van der Waals surface area contributed by atoms with Crippen molar-refractivity contribution in [3.63, 3.8) is 0 Å². The Morgan fingerprint density at radius 2 is 1.73 bits per heavy atom. The van der Waals surface area contributed by atoms with E-state index >= 15 is 0 Å². The summed E-state index contributed by atoms with van der Waals surface area (Å²) in [6, 6.07) is 13.4. The molecule has 4 rings (SSSR count). The summed E-state index contributed by atoms with van der Waals surface area (Å²) in [4.78, 5) is 43.0. The van der Waals surface area contributed by atoms with Gasteiger partial charge in [-0.05, 0) is 55.5 Å². The lowest BCUT2D eigenvalue weighted by Crippen LogP contribution is -2.28. The number of anilines is 3. The molecule has 10 nitrogen and oxygen atoms in total. The van der Waals surface area contributed by atoms with Crippen molar-refractivity contribution in [1.82, 2.24) is 14.8 Å². The van der Waals surface area contributed by atoms with Gasteiger partial charge in [-0.15, -0.1) is 0 Å². The number of aromatic nitrogens is 3. The molecule has 2 unspecified atom stereocenters. The van der Waals surface area contributed by atoms with Crippen LogP contribution >= 0.6 is 0 Å². The molecule has 2 aromatic carbocycles. The fraction of sp³-hybridized carbons (Fsp3) is 0.261. The lowest BCUT2D eigenvalue weighted by molar-refractivity contribution is -0.122. The van der Waals surface area contributed by atoms with E-state index in [0.717, 1.165) is 5.69 Å². The van der Waals surface area contributed by atoms with Crippen LogP contribution in [-0.2, 0) is 14.4 Å². The maximum atomic E-state index is 12.7. The fourth-order valence-corrected chi connectivity index (χ4v) is 3.56. The summed E-state index contributed by atoms with van der Waals surface area (Å²) < 4.78 is 6.61. The molecule has 0 aliphatic carbocycles. The Bertz CT molecular complexity index is 1130.